The van der Waals surface area contributed by atoms with Gasteiger partial charge in [-0.15, -0.1) is 12.4 Å². The largest absolute Gasteiger partial charge is 0.338 e. The molecule has 6 heteroatoms. The van der Waals surface area contributed by atoms with Crippen molar-refractivity contribution < 1.29 is 9.18 Å². The first-order valence-electron chi connectivity index (χ1n) is 5.56. The Morgan fingerprint density at radius 3 is 2.83 bits per heavy atom. The summed E-state index contributed by atoms with van der Waals surface area (Å²) < 4.78 is 13.4. The van der Waals surface area contributed by atoms with Crippen LogP contribution in [0.1, 0.15) is 16.8 Å². The van der Waals surface area contributed by atoms with Gasteiger partial charge >= 0.3 is 0 Å². The maximum Gasteiger partial charge on any atom is 0.255 e. The van der Waals surface area contributed by atoms with Crippen molar-refractivity contribution in [3.8, 4) is 0 Å². The summed E-state index contributed by atoms with van der Waals surface area (Å²) in [5.74, 6) is -0.0271. The molecule has 18 heavy (non-hydrogen) atoms. The van der Waals surface area contributed by atoms with E-state index >= 15 is 0 Å². The Bertz CT molecular complexity index is 444. The minimum absolute atomic E-state index is 0. The van der Waals surface area contributed by atoms with Crippen LogP contribution in [0.5, 0.6) is 0 Å². The fraction of sp³-hybridized carbons (Fsp3) is 0.417. The zero-order valence-electron chi connectivity index (χ0n) is 9.73. The van der Waals surface area contributed by atoms with Gasteiger partial charge in [0.25, 0.3) is 5.91 Å². The summed E-state index contributed by atoms with van der Waals surface area (Å²) in [4.78, 5) is 13.9. The molecule has 0 aliphatic carbocycles. The van der Waals surface area contributed by atoms with Crippen LogP contribution in [0.25, 0.3) is 0 Å². The highest BCUT2D eigenvalue weighted by Crippen LogP contribution is 2.23. The lowest BCUT2D eigenvalue weighted by Crippen LogP contribution is -2.30. The highest BCUT2D eigenvalue weighted by molar-refractivity contribution is 9.10. The van der Waals surface area contributed by atoms with Crippen molar-refractivity contribution in [3.63, 3.8) is 0 Å². The van der Waals surface area contributed by atoms with Crippen molar-refractivity contribution in [2.45, 2.75) is 6.42 Å². The summed E-state index contributed by atoms with van der Waals surface area (Å²) in [6, 6.07) is 4.12. The van der Waals surface area contributed by atoms with Crippen molar-refractivity contribution in [3.05, 3.63) is 34.1 Å². The van der Waals surface area contributed by atoms with E-state index in [1.54, 1.807) is 4.90 Å². The van der Waals surface area contributed by atoms with Gasteiger partial charge in [-0.2, -0.15) is 0 Å². The molecule has 1 aromatic rings. The first kappa shape index (κ1) is 15.4. The lowest BCUT2D eigenvalue weighted by molar-refractivity contribution is 0.0786. The molecule has 1 unspecified atom stereocenters. The Kier molecular flexibility index (Phi) is 5.56. The number of carbonyl (C=O) groups is 1. The normalized spacial score (nSPS) is 18.6. The lowest BCUT2D eigenvalue weighted by Gasteiger charge is -2.17. The van der Waals surface area contributed by atoms with Crippen molar-refractivity contribution in [2.75, 3.05) is 19.6 Å². The maximum atomic E-state index is 12.9. The molecular weight excluding hydrogens is 322 g/mol. The predicted octanol–water partition coefficient (Wildman–Crippen LogP) is 2.43. The number of hydrogen-bond acceptors (Lipinski definition) is 2. The molecule has 3 nitrogen and oxygen atoms in total. The van der Waals surface area contributed by atoms with Crippen LogP contribution in [-0.2, 0) is 0 Å². The average Bonchev–Trinajstić information content (AvgIpc) is 2.76. The minimum atomic E-state index is -0.352. The first-order chi connectivity index (χ1) is 8.11. The number of carbonyl (C=O) groups excluding carboxylic acids is 1. The number of amides is 1. The van der Waals surface area contributed by atoms with Gasteiger partial charge in [-0.1, -0.05) is 0 Å². The molecule has 1 atom stereocenters. The summed E-state index contributed by atoms with van der Waals surface area (Å²) in [5, 5.41) is 0. The fourth-order valence-electron chi connectivity index (χ4n) is 2.04. The quantitative estimate of drug-likeness (QED) is 0.901. The van der Waals surface area contributed by atoms with Crippen LogP contribution < -0.4 is 5.73 Å². The SMILES string of the molecule is Cl.NCC1CCN(C(=O)c2ccc(F)cc2Br)C1. The molecule has 100 valence electrons. The highest BCUT2D eigenvalue weighted by Gasteiger charge is 2.26. The Hall–Kier alpha value is -0.650. The zero-order chi connectivity index (χ0) is 12.4. The van der Waals surface area contributed by atoms with Gasteiger partial charge in [-0.05, 0) is 53.0 Å². The van der Waals surface area contributed by atoms with E-state index in [1.165, 1.54) is 18.2 Å². The van der Waals surface area contributed by atoms with Crippen LogP contribution in [0.2, 0.25) is 0 Å². The second kappa shape index (κ2) is 6.50. The zero-order valence-corrected chi connectivity index (χ0v) is 12.1. The van der Waals surface area contributed by atoms with Gasteiger partial charge in [-0.3, -0.25) is 4.79 Å². The number of nitrogens with two attached hydrogens (primary N) is 1. The molecule has 0 spiro atoms. The molecule has 0 bridgehead atoms. The Morgan fingerprint density at radius 1 is 1.56 bits per heavy atom. The van der Waals surface area contributed by atoms with Gasteiger partial charge in [0.15, 0.2) is 0 Å². The van der Waals surface area contributed by atoms with Gasteiger partial charge in [-0.25, -0.2) is 4.39 Å². The number of rotatable bonds is 2. The fourth-order valence-corrected chi connectivity index (χ4v) is 2.56. The molecule has 1 aliphatic heterocycles. The predicted molar refractivity (Wildman–Crippen MR) is 74.4 cm³/mol. The number of likely N-dealkylation sites (tertiary alicyclic amines) is 1. The summed E-state index contributed by atoms with van der Waals surface area (Å²) in [7, 11) is 0. The summed E-state index contributed by atoms with van der Waals surface area (Å²) in [6.45, 7) is 2.03. The second-order valence-corrected chi connectivity index (χ2v) is 5.12. The van der Waals surface area contributed by atoms with Crippen LogP contribution in [0.4, 0.5) is 4.39 Å². The van der Waals surface area contributed by atoms with Gasteiger partial charge in [0.1, 0.15) is 5.82 Å². The standard InChI is InChI=1S/C12H14BrFN2O.ClH/c13-11-5-9(14)1-2-10(11)12(17)16-4-3-8(6-15)7-16;/h1-2,5,8H,3-4,6-7,15H2;1H. The smallest absolute Gasteiger partial charge is 0.255 e. The van der Waals surface area contributed by atoms with Gasteiger partial charge < -0.3 is 10.6 Å². The molecule has 1 amide bonds. The number of benzene rings is 1. The third kappa shape index (κ3) is 3.22. The van der Waals surface area contributed by atoms with Crippen molar-refractivity contribution in [1.82, 2.24) is 4.90 Å². The molecule has 1 saturated heterocycles. The highest BCUT2D eigenvalue weighted by atomic mass is 79.9. The van der Waals surface area contributed by atoms with E-state index in [0.29, 0.717) is 29.0 Å². The molecule has 2 N–H and O–H groups in total. The van der Waals surface area contributed by atoms with E-state index in [9.17, 15) is 9.18 Å². The van der Waals surface area contributed by atoms with E-state index in [2.05, 4.69) is 15.9 Å². The number of halogens is 3. The molecule has 0 saturated carbocycles. The van der Waals surface area contributed by atoms with E-state index < -0.39 is 0 Å². The van der Waals surface area contributed by atoms with E-state index in [-0.39, 0.29) is 24.1 Å². The van der Waals surface area contributed by atoms with Crippen molar-refractivity contribution in [2.24, 2.45) is 11.7 Å². The van der Waals surface area contributed by atoms with Crippen molar-refractivity contribution >= 4 is 34.2 Å². The van der Waals surface area contributed by atoms with Crippen molar-refractivity contribution in [1.29, 1.82) is 0 Å². The van der Waals surface area contributed by atoms with Crippen LogP contribution in [0.3, 0.4) is 0 Å². The van der Waals surface area contributed by atoms with Crippen LogP contribution in [-0.4, -0.2) is 30.4 Å². The number of nitrogens with zero attached hydrogens (tertiary/aromatic N) is 1. The van der Waals surface area contributed by atoms with E-state index in [1.807, 2.05) is 0 Å². The lowest BCUT2D eigenvalue weighted by atomic mass is 10.1. The van der Waals surface area contributed by atoms with Gasteiger partial charge in [0.05, 0.1) is 5.56 Å². The second-order valence-electron chi connectivity index (χ2n) is 4.27. The maximum absolute atomic E-state index is 12.9. The summed E-state index contributed by atoms with van der Waals surface area (Å²) >= 11 is 3.21. The minimum Gasteiger partial charge on any atom is -0.338 e. The molecule has 1 aromatic carbocycles. The van der Waals surface area contributed by atoms with E-state index in [0.717, 1.165) is 13.0 Å². The Balaban J connectivity index is 0.00000162. The Labute approximate surface area is 120 Å². The molecule has 1 aliphatic rings. The first-order valence-corrected chi connectivity index (χ1v) is 6.35. The summed E-state index contributed by atoms with van der Waals surface area (Å²) in [5.41, 5.74) is 6.09. The third-order valence-electron chi connectivity index (χ3n) is 3.07. The average molecular weight is 338 g/mol. The van der Waals surface area contributed by atoms with Crippen LogP contribution in [0, 0.1) is 11.7 Å². The molecular formula is C12H15BrClFN2O. The molecule has 0 aromatic heterocycles. The topological polar surface area (TPSA) is 46.3 Å². The van der Waals surface area contributed by atoms with Crippen LogP contribution >= 0.6 is 28.3 Å². The van der Waals surface area contributed by atoms with E-state index in [4.69, 9.17) is 5.73 Å². The van der Waals surface area contributed by atoms with Crippen LogP contribution in [0.15, 0.2) is 22.7 Å². The number of hydrogen-bond donors (Lipinski definition) is 1. The van der Waals surface area contributed by atoms with Gasteiger partial charge in [0, 0.05) is 17.6 Å². The molecule has 1 heterocycles. The molecule has 1 fully saturated rings. The molecule has 0 radical (unpaired) electrons. The van der Waals surface area contributed by atoms with Gasteiger partial charge in [0.2, 0.25) is 0 Å². The Morgan fingerprint density at radius 2 is 2.28 bits per heavy atom. The summed E-state index contributed by atoms with van der Waals surface area (Å²) in [6.07, 6.45) is 0.945. The monoisotopic (exact) mass is 336 g/mol. The molecule has 2 rings (SSSR count). The third-order valence-corrected chi connectivity index (χ3v) is 3.72.